The van der Waals surface area contributed by atoms with E-state index in [1.165, 1.54) is 5.69 Å². The number of ether oxygens (including phenoxy) is 1. The Bertz CT molecular complexity index is 510. The average molecular weight is 274 g/mol. The number of nitrogens with one attached hydrogen (secondary N) is 1. The van der Waals surface area contributed by atoms with Gasteiger partial charge in [-0.3, -0.25) is 4.79 Å². The normalized spacial score (nSPS) is 27.9. The molecule has 1 aromatic carbocycles. The number of hydrogen-bond acceptors (Lipinski definition) is 3. The van der Waals surface area contributed by atoms with Crippen LogP contribution in [0.2, 0.25) is 0 Å². The maximum atomic E-state index is 12.1. The van der Waals surface area contributed by atoms with Crippen molar-refractivity contribution in [2.45, 2.75) is 26.3 Å². The van der Waals surface area contributed by atoms with E-state index in [1.54, 1.807) is 7.11 Å². The summed E-state index contributed by atoms with van der Waals surface area (Å²) in [6, 6.07) is 8.48. The molecule has 2 atom stereocenters. The van der Waals surface area contributed by atoms with Crippen molar-refractivity contribution in [1.29, 1.82) is 0 Å². The van der Waals surface area contributed by atoms with Crippen LogP contribution in [0.3, 0.4) is 0 Å². The minimum absolute atomic E-state index is 0.0888. The van der Waals surface area contributed by atoms with Gasteiger partial charge in [-0.15, -0.1) is 0 Å². The number of rotatable bonds is 2. The summed E-state index contributed by atoms with van der Waals surface area (Å²) in [5.41, 5.74) is 1.31. The molecule has 0 unspecified atom stereocenters. The highest BCUT2D eigenvalue weighted by Crippen LogP contribution is 2.41. The maximum absolute atomic E-state index is 12.1. The molecule has 0 saturated carbocycles. The Morgan fingerprint density at radius 3 is 2.65 bits per heavy atom. The van der Waals surface area contributed by atoms with Gasteiger partial charge in [-0.1, -0.05) is 13.8 Å². The first-order chi connectivity index (χ1) is 9.51. The van der Waals surface area contributed by atoms with E-state index in [-0.39, 0.29) is 17.2 Å². The molecule has 3 aliphatic heterocycles. The van der Waals surface area contributed by atoms with Crippen LogP contribution in [0.4, 0.5) is 5.69 Å². The van der Waals surface area contributed by atoms with Gasteiger partial charge in [0.1, 0.15) is 5.75 Å². The number of anilines is 1. The van der Waals surface area contributed by atoms with E-state index in [0.29, 0.717) is 6.04 Å². The molecule has 1 aromatic rings. The number of hydrogen-bond donors (Lipinski definition) is 1. The van der Waals surface area contributed by atoms with Crippen molar-refractivity contribution in [2.75, 3.05) is 25.1 Å². The van der Waals surface area contributed by atoms with Crippen LogP contribution in [0.25, 0.3) is 0 Å². The quantitative estimate of drug-likeness (QED) is 0.897. The first kappa shape index (κ1) is 13.3. The number of carbonyl (C=O) groups excluding carboxylic acids is 1. The second kappa shape index (κ2) is 4.69. The van der Waals surface area contributed by atoms with Crippen LogP contribution in [0.5, 0.6) is 5.75 Å². The summed E-state index contributed by atoms with van der Waals surface area (Å²) in [7, 11) is 1.68. The van der Waals surface area contributed by atoms with E-state index in [1.807, 2.05) is 12.1 Å². The van der Waals surface area contributed by atoms with Crippen molar-refractivity contribution in [3.05, 3.63) is 24.3 Å². The fraction of sp³-hybridized carbons (Fsp3) is 0.562. The summed E-state index contributed by atoms with van der Waals surface area (Å²) in [6.45, 7) is 6.07. The average Bonchev–Trinajstić information content (AvgIpc) is 2.65. The molecule has 4 rings (SSSR count). The minimum Gasteiger partial charge on any atom is -0.497 e. The third-order valence-electron chi connectivity index (χ3n) is 4.71. The summed E-state index contributed by atoms with van der Waals surface area (Å²) < 4.78 is 5.22. The Morgan fingerprint density at radius 1 is 1.30 bits per heavy atom. The number of fused-ring (bicyclic) bond motifs is 4. The molecule has 2 bridgehead atoms. The van der Waals surface area contributed by atoms with Crippen LogP contribution < -0.4 is 15.0 Å². The summed E-state index contributed by atoms with van der Waals surface area (Å²) >= 11 is 0. The van der Waals surface area contributed by atoms with Crippen LogP contribution >= 0.6 is 0 Å². The topological polar surface area (TPSA) is 41.6 Å². The van der Waals surface area contributed by atoms with Gasteiger partial charge in [0.2, 0.25) is 5.91 Å². The number of carbonyl (C=O) groups is 1. The lowest BCUT2D eigenvalue weighted by atomic mass is 9.73. The molecule has 4 nitrogen and oxygen atoms in total. The third-order valence-corrected chi connectivity index (χ3v) is 4.71. The molecule has 3 aliphatic rings. The van der Waals surface area contributed by atoms with Crippen molar-refractivity contribution in [2.24, 2.45) is 11.3 Å². The highest BCUT2D eigenvalue weighted by Gasteiger charge is 2.46. The van der Waals surface area contributed by atoms with Gasteiger partial charge in [-0.2, -0.15) is 0 Å². The van der Waals surface area contributed by atoms with E-state index in [2.05, 4.69) is 36.2 Å². The predicted octanol–water partition coefficient (Wildman–Crippen LogP) is 2.05. The summed E-state index contributed by atoms with van der Waals surface area (Å²) in [5.74, 6) is 1.16. The zero-order chi connectivity index (χ0) is 14.3. The lowest BCUT2D eigenvalue weighted by Gasteiger charge is -2.47. The standard InChI is InChI=1S/C16H22N2O2/c1-16(2)8-11-10-18(14(16)9-17-15(11)19)12-4-6-13(20-3)7-5-12/h4-7,11,14H,8-10H2,1-3H3,(H,17,19)/t11-,14+/m0/s1. The zero-order valence-electron chi connectivity index (χ0n) is 12.3. The molecule has 108 valence electrons. The second-order valence-corrected chi connectivity index (χ2v) is 6.50. The van der Waals surface area contributed by atoms with Gasteiger partial charge in [0.05, 0.1) is 19.1 Å². The predicted molar refractivity (Wildman–Crippen MR) is 79.0 cm³/mol. The van der Waals surface area contributed by atoms with Crippen LogP contribution in [0.15, 0.2) is 24.3 Å². The highest BCUT2D eigenvalue weighted by atomic mass is 16.5. The van der Waals surface area contributed by atoms with Gasteiger partial charge in [-0.25, -0.2) is 0 Å². The number of piperidine rings is 1. The number of amides is 1. The molecule has 20 heavy (non-hydrogen) atoms. The van der Waals surface area contributed by atoms with Gasteiger partial charge in [-0.05, 0) is 36.1 Å². The molecule has 1 amide bonds. The second-order valence-electron chi connectivity index (χ2n) is 6.50. The van der Waals surface area contributed by atoms with Gasteiger partial charge >= 0.3 is 0 Å². The van der Waals surface area contributed by atoms with Gasteiger partial charge in [0.15, 0.2) is 0 Å². The molecule has 3 heterocycles. The van der Waals surface area contributed by atoms with Crippen LogP contribution in [-0.2, 0) is 4.79 Å². The molecular formula is C16H22N2O2. The van der Waals surface area contributed by atoms with E-state index in [9.17, 15) is 4.79 Å². The molecule has 1 N–H and O–H groups in total. The fourth-order valence-corrected chi connectivity index (χ4v) is 3.58. The SMILES string of the molecule is COc1ccc(N2C[C@@H]3CC(C)(C)[C@H]2CNC3=O)cc1. The first-order valence-corrected chi connectivity index (χ1v) is 7.20. The highest BCUT2D eigenvalue weighted by molar-refractivity contribution is 5.81. The summed E-state index contributed by atoms with van der Waals surface area (Å²) in [5, 5.41) is 3.08. The lowest BCUT2D eigenvalue weighted by Crippen LogP contribution is -2.53. The first-order valence-electron chi connectivity index (χ1n) is 7.20. The Kier molecular flexibility index (Phi) is 3.11. The van der Waals surface area contributed by atoms with E-state index >= 15 is 0 Å². The van der Waals surface area contributed by atoms with Crippen molar-refractivity contribution in [3.8, 4) is 5.75 Å². The molecule has 3 saturated heterocycles. The largest absolute Gasteiger partial charge is 0.497 e. The van der Waals surface area contributed by atoms with E-state index in [4.69, 9.17) is 4.74 Å². The smallest absolute Gasteiger partial charge is 0.224 e. The molecule has 0 spiro atoms. The van der Waals surface area contributed by atoms with E-state index in [0.717, 1.165) is 25.3 Å². The number of benzene rings is 1. The fourth-order valence-electron chi connectivity index (χ4n) is 3.58. The van der Waals surface area contributed by atoms with Crippen LogP contribution in [-0.4, -0.2) is 32.1 Å². The number of methoxy groups -OCH3 is 1. The monoisotopic (exact) mass is 274 g/mol. The lowest BCUT2D eigenvalue weighted by molar-refractivity contribution is -0.124. The summed E-state index contributed by atoms with van der Waals surface area (Å²) in [4.78, 5) is 14.5. The van der Waals surface area contributed by atoms with Crippen LogP contribution in [0.1, 0.15) is 20.3 Å². The van der Waals surface area contributed by atoms with Crippen molar-refractivity contribution >= 4 is 11.6 Å². The van der Waals surface area contributed by atoms with E-state index < -0.39 is 0 Å². The Balaban J connectivity index is 1.94. The number of nitrogens with zero attached hydrogens (tertiary/aromatic N) is 1. The van der Waals surface area contributed by atoms with Crippen LogP contribution in [0, 0.1) is 11.3 Å². The molecule has 0 aliphatic carbocycles. The molecular weight excluding hydrogens is 252 g/mol. The maximum Gasteiger partial charge on any atom is 0.224 e. The zero-order valence-corrected chi connectivity index (χ0v) is 12.3. The Morgan fingerprint density at radius 2 is 2.00 bits per heavy atom. The molecule has 0 aromatic heterocycles. The minimum atomic E-state index is 0.0888. The van der Waals surface area contributed by atoms with Crippen molar-refractivity contribution in [3.63, 3.8) is 0 Å². The van der Waals surface area contributed by atoms with Crippen molar-refractivity contribution in [1.82, 2.24) is 5.32 Å². The van der Waals surface area contributed by atoms with Gasteiger partial charge in [0.25, 0.3) is 0 Å². The van der Waals surface area contributed by atoms with Gasteiger partial charge < -0.3 is 15.0 Å². The van der Waals surface area contributed by atoms with Gasteiger partial charge in [0, 0.05) is 18.8 Å². The van der Waals surface area contributed by atoms with Crippen molar-refractivity contribution < 1.29 is 9.53 Å². The molecule has 3 fully saturated rings. The summed E-state index contributed by atoms with van der Waals surface area (Å²) in [6.07, 6.45) is 0.968. The Hall–Kier alpha value is -1.71. The molecule has 4 heteroatoms. The third kappa shape index (κ3) is 2.13. The molecule has 0 radical (unpaired) electrons. The Labute approximate surface area is 120 Å².